The van der Waals surface area contributed by atoms with Crippen LogP contribution >= 0.6 is 0 Å². The minimum atomic E-state index is -0.568. The largest absolute Gasteiger partial charge is 0.460 e. The number of amides is 1. The summed E-state index contributed by atoms with van der Waals surface area (Å²) < 4.78 is 5.41. The Kier molecular flexibility index (Phi) is 7.66. The minimum absolute atomic E-state index is 0.0922. The molecular weight excluding hydrogens is 342 g/mol. The van der Waals surface area contributed by atoms with E-state index in [-0.39, 0.29) is 18.5 Å². The van der Waals surface area contributed by atoms with E-state index in [1.165, 1.54) is 19.3 Å². The molecule has 1 saturated heterocycles. The number of hydrogen-bond acceptors (Lipinski definition) is 5. The molecule has 0 aliphatic carbocycles. The number of likely N-dealkylation sites (tertiary alicyclic amines) is 1. The quantitative estimate of drug-likeness (QED) is 0.717. The van der Waals surface area contributed by atoms with Crippen LogP contribution in [-0.4, -0.2) is 50.0 Å². The number of rotatable bonds is 7. The lowest BCUT2D eigenvalue weighted by atomic mass is 9.97. The van der Waals surface area contributed by atoms with Gasteiger partial charge in [-0.15, -0.1) is 0 Å². The number of carbonyl (C=O) groups is 2. The van der Waals surface area contributed by atoms with Gasteiger partial charge in [0.1, 0.15) is 6.61 Å². The van der Waals surface area contributed by atoms with Gasteiger partial charge in [-0.3, -0.25) is 9.59 Å². The second kappa shape index (κ2) is 9.74. The summed E-state index contributed by atoms with van der Waals surface area (Å²) in [7, 11) is 1.81. The maximum Gasteiger partial charge on any atom is 0.311 e. The summed E-state index contributed by atoms with van der Waals surface area (Å²) in [5, 5.41) is 6.06. The van der Waals surface area contributed by atoms with Crippen molar-refractivity contribution in [3.63, 3.8) is 0 Å². The van der Waals surface area contributed by atoms with Crippen molar-refractivity contribution in [3.05, 3.63) is 29.3 Å². The van der Waals surface area contributed by atoms with E-state index in [1.807, 2.05) is 40.0 Å². The van der Waals surface area contributed by atoms with Crippen LogP contribution in [0.2, 0.25) is 0 Å². The second-order valence-corrected chi connectivity index (χ2v) is 8.11. The molecule has 1 aliphatic rings. The van der Waals surface area contributed by atoms with Crippen LogP contribution in [-0.2, 0) is 16.1 Å². The van der Waals surface area contributed by atoms with Crippen LogP contribution in [0.1, 0.15) is 56.0 Å². The van der Waals surface area contributed by atoms with Crippen LogP contribution in [0.25, 0.3) is 0 Å². The van der Waals surface area contributed by atoms with Crippen molar-refractivity contribution in [1.82, 2.24) is 10.2 Å². The Morgan fingerprint density at radius 3 is 2.48 bits per heavy atom. The lowest BCUT2D eigenvalue weighted by Gasteiger charge is -2.26. The molecule has 1 aliphatic heterocycles. The molecule has 0 aromatic heterocycles. The van der Waals surface area contributed by atoms with Crippen molar-refractivity contribution < 1.29 is 14.3 Å². The number of ether oxygens (including phenoxy) is 1. The van der Waals surface area contributed by atoms with Gasteiger partial charge < -0.3 is 20.3 Å². The molecule has 2 rings (SSSR count). The fraction of sp³-hybridized carbons (Fsp3) is 0.619. The van der Waals surface area contributed by atoms with Gasteiger partial charge in [-0.2, -0.15) is 0 Å². The molecule has 150 valence electrons. The molecule has 1 aromatic carbocycles. The summed E-state index contributed by atoms with van der Waals surface area (Å²) in [6.45, 7) is 9.23. The van der Waals surface area contributed by atoms with Crippen molar-refractivity contribution in [2.75, 3.05) is 38.5 Å². The summed E-state index contributed by atoms with van der Waals surface area (Å²) in [5.41, 5.74) is 1.54. The van der Waals surface area contributed by atoms with E-state index in [0.717, 1.165) is 25.3 Å². The number of esters is 1. The highest BCUT2D eigenvalue weighted by Gasteiger charge is 2.24. The predicted molar refractivity (Wildman–Crippen MR) is 108 cm³/mol. The first-order valence-corrected chi connectivity index (χ1v) is 9.79. The van der Waals surface area contributed by atoms with E-state index in [0.29, 0.717) is 17.7 Å². The molecule has 0 unspecified atom stereocenters. The molecule has 0 saturated carbocycles. The first-order valence-electron chi connectivity index (χ1n) is 9.79. The topological polar surface area (TPSA) is 70.7 Å². The first kappa shape index (κ1) is 21.2. The fourth-order valence-corrected chi connectivity index (χ4v) is 3.03. The lowest BCUT2D eigenvalue weighted by Crippen LogP contribution is -2.37. The summed E-state index contributed by atoms with van der Waals surface area (Å²) in [5.74, 6) is -0.414. The molecule has 27 heavy (non-hydrogen) atoms. The number of nitrogens with zero attached hydrogens (tertiary/aromatic N) is 1. The zero-order valence-corrected chi connectivity index (χ0v) is 17.1. The van der Waals surface area contributed by atoms with Gasteiger partial charge >= 0.3 is 5.97 Å². The molecule has 1 fully saturated rings. The zero-order chi connectivity index (χ0) is 19.9. The minimum Gasteiger partial charge on any atom is -0.460 e. The lowest BCUT2D eigenvalue weighted by molar-refractivity contribution is -0.154. The van der Waals surface area contributed by atoms with Gasteiger partial charge in [0.2, 0.25) is 0 Å². The highest BCUT2D eigenvalue weighted by Crippen LogP contribution is 2.20. The standard InChI is InChI=1S/C21H33N3O3/c1-21(2,3)20(26)27-15-16-8-9-17(22-4)14-18(16)19(25)23-10-13-24-11-6-5-7-12-24/h8-9,14,22H,5-7,10-13,15H2,1-4H3,(H,23,25). The molecule has 0 bridgehead atoms. The molecule has 6 heteroatoms. The van der Waals surface area contributed by atoms with Crippen LogP contribution < -0.4 is 10.6 Å². The third-order valence-electron chi connectivity index (χ3n) is 4.78. The van der Waals surface area contributed by atoms with Crippen molar-refractivity contribution in [2.45, 2.75) is 46.6 Å². The average molecular weight is 376 g/mol. The van der Waals surface area contributed by atoms with Gasteiger partial charge in [0.05, 0.1) is 5.41 Å². The van der Waals surface area contributed by atoms with Crippen molar-refractivity contribution >= 4 is 17.6 Å². The number of nitrogens with one attached hydrogen (secondary N) is 2. The Morgan fingerprint density at radius 1 is 1.15 bits per heavy atom. The summed E-state index contributed by atoms with van der Waals surface area (Å²) >= 11 is 0. The molecule has 0 spiro atoms. The summed E-state index contributed by atoms with van der Waals surface area (Å²) in [4.78, 5) is 27.2. The molecule has 6 nitrogen and oxygen atoms in total. The Bertz CT molecular complexity index is 647. The Hall–Kier alpha value is -2.08. The zero-order valence-electron chi connectivity index (χ0n) is 17.1. The molecule has 1 heterocycles. The van der Waals surface area contributed by atoms with Crippen LogP contribution in [0.4, 0.5) is 5.69 Å². The van der Waals surface area contributed by atoms with Crippen molar-refractivity contribution in [2.24, 2.45) is 5.41 Å². The van der Waals surface area contributed by atoms with Crippen LogP contribution in [0.3, 0.4) is 0 Å². The van der Waals surface area contributed by atoms with Crippen molar-refractivity contribution in [1.29, 1.82) is 0 Å². The summed E-state index contributed by atoms with van der Waals surface area (Å²) in [6, 6.07) is 5.52. The van der Waals surface area contributed by atoms with Crippen LogP contribution in [0, 0.1) is 5.41 Å². The monoisotopic (exact) mass is 375 g/mol. The second-order valence-electron chi connectivity index (χ2n) is 8.11. The highest BCUT2D eigenvalue weighted by molar-refractivity contribution is 5.96. The van der Waals surface area contributed by atoms with Gasteiger partial charge in [0.15, 0.2) is 0 Å². The van der Waals surface area contributed by atoms with Gasteiger partial charge in [-0.1, -0.05) is 12.5 Å². The molecule has 0 atom stereocenters. The smallest absolute Gasteiger partial charge is 0.311 e. The molecule has 2 N–H and O–H groups in total. The van der Waals surface area contributed by atoms with Crippen LogP contribution in [0.15, 0.2) is 18.2 Å². The molecule has 1 amide bonds. The maximum absolute atomic E-state index is 12.7. The van der Waals surface area contributed by atoms with E-state index in [2.05, 4.69) is 15.5 Å². The number of benzene rings is 1. The van der Waals surface area contributed by atoms with Gasteiger partial charge in [0, 0.05) is 37.0 Å². The SMILES string of the molecule is CNc1ccc(COC(=O)C(C)(C)C)c(C(=O)NCCN2CCCCC2)c1. The Balaban J connectivity index is 1.99. The average Bonchev–Trinajstić information content (AvgIpc) is 2.66. The normalized spacial score (nSPS) is 15.3. The highest BCUT2D eigenvalue weighted by atomic mass is 16.5. The number of anilines is 1. The summed E-state index contributed by atoms with van der Waals surface area (Å²) in [6.07, 6.45) is 3.78. The Morgan fingerprint density at radius 2 is 1.85 bits per heavy atom. The van der Waals surface area contributed by atoms with E-state index in [1.54, 1.807) is 6.07 Å². The Labute approximate surface area is 162 Å². The number of piperidine rings is 1. The van der Waals surface area contributed by atoms with E-state index in [9.17, 15) is 9.59 Å². The van der Waals surface area contributed by atoms with Gasteiger partial charge in [0.25, 0.3) is 5.91 Å². The fourth-order valence-electron chi connectivity index (χ4n) is 3.03. The van der Waals surface area contributed by atoms with E-state index < -0.39 is 5.41 Å². The number of carbonyl (C=O) groups excluding carboxylic acids is 2. The molecule has 0 radical (unpaired) electrons. The number of hydrogen-bond donors (Lipinski definition) is 2. The predicted octanol–water partition coefficient (Wildman–Crippen LogP) is 3.03. The van der Waals surface area contributed by atoms with Crippen LogP contribution in [0.5, 0.6) is 0 Å². The molecule has 1 aromatic rings. The third-order valence-corrected chi connectivity index (χ3v) is 4.78. The maximum atomic E-state index is 12.7. The van der Waals surface area contributed by atoms with Gasteiger partial charge in [-0.05, 0) is 58.8 Å². The van der Waals surface area contributed by atoms with Gasteiger partial charge in [-0.25, -0.2) is 0 Å². The molecular formula is C21H33N3O3. The van der Waals surface area contributed by atoms with E-state index >= 15 is 0 Å². The third kappa shape index (κ3) is 6.54. The first-order chi connectivity index (χ1) is 12.8. The van der Waals surface area contributed by atoms with Crippen molar-refractivity contribution in [3.8, 4) is 0 Å². The van der Waals surface area contributed by atoms with E-state index in [4.69, 9.17) is 4.74 Å².